The number of carboxylic acids is 1. The summed E-state index contributed by atoms with van der Waals surface area (Å²) in [5.41, 5.74) is 11.7. The lowest BCUT2D eigenvalue weighted by molar-refractivity contribution is -0.142. The third-order valence-corrected chi connectivity index (χ3v) is 6.86. The van der Waals surface area contributed by atoms with Crippen LogP contribution in [0.4, 0.5) is 18.9 Å². The van der Waals surface area contributed by atoms with Crippen LogP contribution < -0.4 is 16.4 Å². The first-order valence-electron chi connectivity index (χ1n) is 13.4. The molecular weight excluding hydrogens is 611 g/mol. The predicted octanol–water partition coefficient (Wildman–Crippen LogP) is 5.54. The Labute approximate surface area is 262 Å². The van der Waals surface area contributed by atoms with Crippen LogP contribution in [0.3, 0.4) is 0 Å². The lowest BCUT2D eigenvalue weighted by Crippen LogP contribution is -2.41. The van der Waals surface area contributed by atoms with Crippen LogP contribution >= 0.6 is 11.6 Å². The lowest BCUT2D eigenvalue weighted by atomic mass is 9.96. The number of carbonyl (C=O) groups is 4. The van der Waals surface area contributed by atoms with E-state index in [4.69, 9.17) is 28.2 Å². The molecule has 0 aliphatic heterocycles. The Balaban J connectivity index is 0.000000355. The van der Waals surface area contributed by atoms with Crippen LogP contribution in [0.2, 0.25) is 5.02 Å². The molecule has 0 aliphatic carbocycles. The molecule has 0 saturated carbocycles. The molecule has 2 unspecified atom stereocenters. The van der Waals surface area contributed by atoms with Gasteiger partial charge in [-0.2, -0.15) is 13.2 Å². The highest BCUT2D eigenvalue weighted by molar-refractivity contribution is 6.31. The number of anilines is 1. The fourth-order valence-corrected chi connectivity index (χ4v) is 4.60. The molecule has 0 saturated heterocycles. The number of carboxylic acid groups (broad SMARTS) is 1. The first-order valence-corrected chi connectivity index (χ1v) is 13.8. The topological polar surface area (TPSA) is 144 Å². The van der Waals surface area contributed by atoms with Crippen molar-refractivity contribution in [3.63, 3.8) is 0 Å². The molecule has 3 amide bonds. The molecule has 8 nitrogen and oxygen atoms in total. The number of rotatable bonds is 10. The van der Waals surface area contributed by atoms with Crippen LogP contribution in [0.25, 0.3) is 0 Å². The molecule has 0 bridgehead atoms. The average molecular weight is 640 g/mol. The fraction of sp³-hybridized carbons (Fsp3) is 0.152. The second-order valence-electron chi connectivity index (χ2n) is 9.74. The zero-order valence-electron chi connectivity index (χ0n) is 23.7. The Morgan fingerprint density at radius 2 is 1.24 bits per heavy atom. The SMILES string of the molecule is NC(=O)C(C(=O)N(CCc1ccc(C(F)(F)F)cc1)c1cccc(Cl)c1)c1ccccc1.NC(=O)C(C(=O)O)c1ccccc1. The minimum absolute atomic E-state index is 0.112. The smallest absolute Gasteiger partial charge is 0.416 e. The molecule has 4 rings (SSSR count). The van der Waals surface area contributed by atoms with Crippen molar-refractivity contribution in [3.8, 4) is 0 Å². The van der Waals surface area contributed by atoms with Gasteiger partial charge in [0.25, 0.3) is 0 Å². The Morgan fingerprint density at radius 3 is 1.69 bits per heavy atom. The van der Waals surface area contributed by atoms with E-state index in [2.05, 4.69) is 0 Å². The van der Waals surface area contributed by atoms with Gasteiger partial charge in [0.05, 0.1) is 5.56 Å². The highest BCUT2D eigenvalue weighted by atomic mass is 35.5. The Kier molecular flexibility index (Phi) is 11.8. The van der Waals surface area contributed by atoms with Crippen LogP contribution in [0.1, 0.15) is 34.1 Å². The first kappa shape index (κ1) is 34.3. The van der Waals surface area contributed by atoms with Gasteiger partial charge in [-0.1, -0.05) is 90.5 Å². The minimum atomic E-state index is -4.42. The standard InChI is InChI=1S/C24H20ClF3N2O2.C9H9NO3/c25-19-7-4-8-20(15-19)30(14-13-16-9-11-18(12-10-16)24(26,27)28)23(32)21(22(29)31)17-5-2-1-3-6-17;10-8(11)7(9(12)13)6-4-2-1-3-5-6/h1-12,15,21H,13-14H2,(H2,29,31);1-5,7H,(H2,10,11)(H,12,13). The monoisotopic (exact) mass is 639 g/mol. The number of primary amides is 2. The minimum Gasteiger partial charge on any atom is -0.480 e. The molecule has 0 radical (unpaired) electrons. The van der Waals surface area contributed by atoms with E-state index in [1.54, 1.807) is 84.9 Å². The van der Waals surface area contributed by atoms with Crippen molar-refractivity contribution < 1.29 is 37.5 Å². The largest absolute Gasteiger partial charge is 0.480 e. The number of halogens is 4. The van der Waals surface area contributed by atoms with E-state index in [9.17, 15) is 32.3 Å². The Hall–Kier alpha value is -5.16. The number of nitrogens with two attached hydrogens (primary N) is 2. The van der Waals surface area contributed by atoms with Gasteiger partial charge in [-0.15, -0.1) is 0 Å². The summed E-state index contributed by atoms with van der Waals surface area (Å²) in [5, 5.41) is 9.09. The van der Waals surface area contributed by atoms with Crippen molar-refractivity contribution in [2.75, 3.05) is 11.4 Å². The van der Waals surface area contributed by atoms with E-state index in [1.807, 2.05) is 0 Å². The molecule has 0 heterocycles. The number of amides is 3. The molecule has 45 heavy (non-hydrogen) atoms. The van der Waals surface area contributed by atoms with Crippen molar-refractivity contribution in [2.45, 2.75) is 24.4 Å². The molecule has 4 aromatic carbocycles. The van der Waals surface area contributed by atoms with Crippen molar-refractivity contribution >= 4 is 41.0 Å². The van der Waals surface area contributed by atoms with Gasteiger partial charge in [-0.3, -0.25) is 19.2 Å². The third kappa shape index (κ3) is 9.67. The molecule has 4 aromatic rings. The maximum absolute atomic E-state index is 13.4. The van der Waals surface area contributed by atoms with Crippen molar-refractivity contribution in [2.24, 2.45) is 11.5 Å². The first-order chi connectivity index (χ1) is 21.3. The van der Waals surface area contributed by atoms with Gasteiger partial charge in [0.1, 0.15) is 5.92 Å². The maximum Gasteiger partial charge on any atom is 0.416 e. The summed E-state index contributed by atoms with van der Waals surface area (Å²) >= 11 is 6.09. The third-order valence-electron chi connectivity index (χ3n) is 6.62. The average Bonchev–Trinajstić information content (AvgIpc) is 2.98. The van der Waals surface area contributed by atoms with Crippen LogP contribution in [-0.2, 0) is 31.8 Å². The van der Waals surface area contributed by atoms with Gasteiger partial charge in [0, 0.05) is 17.3 Å². The molecule has 5 N–H and O–H groups in total. The highest BCUT2D eigenvalue weighted by Crippen LogP contribution is 2.30. The maximum atomic E-state index is 13.4. The highest BCUT2D eigenvalue weighted by Gasteiger charge is 2.32. The van der Waals surface area contributed by atoms with Crippen molar-refractivity contribution in [1.29, 1.82) is 0 Å². The van der Waals surface area contributed by atoms with Crippen molar-refractivity contribution in [1.82, 2.24) is 0 Å². The molecular formula is C33H29ClF3N3O5. The molecule has 0 aliphatic rings. The number of benzene rings is 4. The second kappa shape index (κ2) is 15.5. The lowest BCUT2D eigenvalue weighted by Gasteiger charge is -2.27. The summed E-state index contributed by atoms with van der Waals surface area (Å²) in [6.45, 7) is 0.112. The molecule has 0 aromatic heterocycles. The number of hydrogen-bond acceptors (Lipinski definition) is 4. The van der Waals surface area contributed by atoms with E-state index in [1.165, 1.54) is 17.0 Å². The predicted molar refractivity (Wildman–Crippen MR) is 163 cm³/mol. The number of carbonyl (C=O) groups excluding carboxylic acids is 3. The van der Waals surface area contributed by atoms with Crippen molar-refractivity contribution in [3.05, 3.63) is 136 Å². The van der Waals surface area contributed by atoms with Gasteiger partial charge in [0.15, 0.2) is 5.92 Å². The zero-order valence-corrected chi connectivity index (χ0v) is 24.4. The van der Waals surface area contributed by atoms with Crippen LogP contribution in [-0.4, -0.2) is 35.3 Å². The quantitative estimate of drug-likeness (QED) is 0.195. The van der Waals surface area contributed by atoms with E-state index in [0.717, 1.165) is 12.1 Å². The van der Waals surface area contributed by atoms with Gasteiger partial charge in [0.2, 0.25) is 17.7 Å². The summed E-state index contributed by atoms with van der Waals surface area (Å²) in [7, 11) is 0. The molecule has 12 heteroatoms. The summed E-state index contributed by atoms with van der Waals surface area (Å²) in [4.78, 5) is 48.4. The van der Waals surface area contributed by atoms with E-state index >= 15 is 0 Å². The number of aliphatic carboxylic acids is 1. The molecule has 0 spiro atoms. The van der Waals surface area contributed by atoms with E-state index in [-0.39, 0.29) is 13.0 Å². The van der Waals surface area contributed by atoms with Gasteiger partial charge < -0.3 is 21.5 Å². The summed E-state index contributed by atoms with van der Waals surface area (Å²) < 4.78 is 38.4. The second-order valence-corrected chi connectivity index (χ2v) is 10.2. The summed E-state index contributed by atoms with van der Waals surface area (Å²) in [6, 6.07) is 27.9. The number of alkyl halides is 3. The Morgan fingerprint density at radius 1 is 0.733 bits per heavy atom. The van der Waals surface area contributed by atoms with Crippen LogP contribution in [0, 0.1) is 0 Å². The molecule has 2 atom stereocenters. The summed E-state index contributed by atoms with van der Waals surface area (Å²) in [6.07, 6.45) is -4.16. The fourth-order valence-electron chi connectivity index (χ4n) is 4.42. The number of nitrogens with zero attached hydrogens (tertiary/aromatic N) is 1. The van der Waals surface area contributed by atoms with Gasteiger partial charge in [-0.25, -0.2) is 0 Å². The van der Waals surface area contributed by atoms with Crippen LogP contribution in [0.15, 0.2) is 109 Å². The van der Waals surface area contributed by atoms with E-state index in [0.29, 0.717) is 27.4 Å². The van der Waals surface area contributed by atoms with E-state index < -0.39 is 47.3 Å². The van der Waals surface area contributed by atoms with Gasteiger partial charge >= 0.3 is 12.1 Å². The zero-order chi connectivity index (χ0) is 33.1. The van der Waals surface area contributed by atoms with Crippen LogP contribution in [0.5, 0.6) is 0 Å². The molecule has 0 fully saturated rings. The Bertz CT molecular complexity index is 1600. The summed E-state index contributed by atoms with van der Waals surface area (Å²) in [5.74, 6) is -5.89. The normalized spacial score (nSPS) is 12.2. The number of hydrogen-bond donors (Lipinski definition) is 3. The molecule has 234 valence electrons. The van der Waals surface area contributed by atoms with Gasteiger partial charge in [-0.05, 0) is 53.4 Å².